The number of rotatable bonds is 0. The van der Waals surface area contributed by atoms with Crippen molar-refractivity contribution in [3.63, 3.8) is 0 Å². The molecule has 0 radical (unpaired) electrons. The highest BCUT2D eigenvalue weighted by Crippen LogP contribution is 1.98. The molecule has 1 aliphatic rings. The molecule has 1 fully saturated rings. The van der Waals surface area contributed by atoms with Crippen LogP contribution in [0.2, 0.25) is 0 Å². The predicted molar refractivity (Wildman–Crippen MR) is 40.5 cm³/mol. The van der Waals surface area contributed by atoms with E-state index in [4.69, 9.17) is 4.74 Å². The lowest BCUT2D eigenvalue weighted by Gasteiger charge is -1.76. The molecule has 0 bridgehead atoms. The molecule has 1 rings (SSSR count). The van der Waals surface area contributed by atoms with Crippen LogP contribution in [0.4, 0.5) is 0 Å². The molecule has 0 aromatic carbocycles. The van der Waals surface area contributed by atoms with Gasteiger partial charge >= 0.3 is 0 Å². The maximum absolute atomic E-state index is 4.94. The SMILES string of the molecule is C1CCOC1.C=C(C)C. The molecule has 1 nitrogen and oxygen atoms in total. The van der Waals surface area contributed by atoms with E-state index < -0.39 is 0 Å². The molecule has 0 saturated carbocycles. The first-order valence-electron chi connectivity index (χ1n) is 3.43. The third-order valence-corrected chi connectivity index (χ3v) is 0.827. The number of allylic oxidation sites excluding steroid dienone is 1. The van der Waals surface area contributed by atoms with Gasteiger partial charge in [0.15, 0.2) is 0 Å². The molecule has 0 atom stereocenters. The Balaban J connectivity index is 0.000000148. The van der Waals surface area contributed by atoms with Gasteiger partial charge in [-0.05, 0) is 26.7 Å². The molecule has 9 heavy (non-hydrogen) atoms. The van der Waals surface area contributed by atoms with Crippen molar-refractivity contribution in [1.82, 2.24) is 0 Å². The van der Waals surface area contributed by atoms with Gasteiger partial charge in [-0.2, -0.15) is 0 Å². The first-order valence-corrected chi connectivity index (χ1v) is 3.43. The third-order valence-electron chi connectivity index (χ3n) is 0.827. The van der Waals surface area contributed by atoms with Crippen molar-refractivity contribution in [2.24, 2.45) is 0 Å². The molecule has 0 aliphatic carbocycles. The van der Waals surface area contributed by atoms with E-state index in [1.165, 1.54) is 18.4 Å². The van der Waals surface area contributed by atoms with Crippen LogP contribution >= 0.6 is 0 Å². The Bertz CT molecular complexity index is 61.0. The van der Waals surface area contributed by atoms with Crippen molar-refractivity contribution in [1.29, 1.82) is 0 Å². The highest BCUT2D eigenvalue weighted by Gasteiger charge is 1.94. The fraction of sp³-hybridized carbons (Fsp3) is 0.750. The summed E-state index contributed by atoms with van der Waals surface area (Å²) in [7, 11) is 0. The Morgan fingerprint density at radius 1 is 1.22 bits per heavy atom. The zero-order valence-electron chi connectivity index (χ0n) is 6.44. The van der Waals surface area contributed by atoms with E-state index >= 15 is 0 Å². The minimum absolute atomic E-state index is 1.00. The van der Waals surface area contributed by atoms with Crippen molar-refractivity contribution < 1.29 is 4.74 Å². The van der Waals surface area contributed by atoms with Gasteiger partial charge in [0.2, 0.25) is 0 Å². The van der Waals surface area contributed by atoms with Crippen LogP contribution in [-0.4, -0.2) is 13.2 Å². The first-order chi connectivity index (χ1) is 4.23. The number of hydrogen-bond acceptors (Lipinski definition) is 1. The molecule has 54 valence electrons. The van der Waals surface area contributed by atoms with Crippen LogP contribution in [0.1, 0.15) is 26.7 Å². The van der Waals surface area contributed by atoms with Gasteiger partial charge in [0.05, 0.1) is 0 Å². The summed E-state index contributed by atoms with van der Waals surface area (Å²) in [5.41, 5.74) is 1.17. The monoisotopic (exact) mass is 128 g/mol. The minimum Gasteiger partial charge on any atom is -0.381 e. The Morgan fingerprint density at radius 3 is 1.67 bits per heavy atom. The van der Waals surface area contributed by atoms with Crippen LogP contribution in [0.15, 0.2) is 12.2 Å². The predicted octanol–water partition coefficient (Wildman–Crippen LogP) is 2.38. The summed E-state index contributed by atoms with van der Waals surface area (Å²) < 4.78 is 4.94. The normalized spacial score (nSPS) is 16.2. The second-order valence-electron chi connectivity index (χ2n) is 2.53. The van der Waals surface area contributed by atoms with Gasteiger partial charge in [-0.1, -0.05) is 5.57 Å². The molecule has 0 amide bonds. The topological polar surface area (TPSA) is 9.23 Å². The van der Waals surface area contributed by atoms with Crippen LogP contribution < -0.4 is 0 Å². The smallest absolute Gasteiger partial charge is 0.0466 e. The molecule has 1 heterocycles. The second kappa shape index (κ2) is 5.83. The van der Waals surface area contributed by atoms with Crippen molar-refractivity contribution in [3.05, 3.63) is 12.2 Å². The first kappa shape index (κ1) is 8.70. The van der Waals surface area contributed by atoms with E-state index in [1.54, 1.807) is 0 Å². The fourth-order valence-corrected chi connectivity index (χ4v) is 0.510. The lowest BCUT2D eigenvalue weighted by molar-refractivity contribution is 0.198. The van der Waals surface area contributed by atoms with Gasteiger partial charge in [0.25, 0.3) is 0 Å². The highest BCUT2D eigenvalue weighted by molar-refractivity contribution is 4.78. The zero-order chi connectivity index (χ0) is 7.11. The fourth-order valence-electron chi connectivity index (χ4n) is 0.510. The van der Waals surface area contributed by atoms with Gasteiger partial charge < -0.3 is 4.74 Å². The Hall–Kier alpha value is -0.300. The quantitative estimate of drug-likeness (QED) is 0.455. The van der Waals surface area contributed by atoms with E-state index in [9.17, 15) is 0 Å². The maximum Gasteiger partial charge on any atom is 0.0466 e. The molecule has 0 aromatic heterocycles. The van der Waals surface area contributed by atoms with Crippen molar-refractivity contribution in [3.8, 4) is 0 Å². The summed E-state index contributed by atoms with van der Waals surface area (Å²) in [5.74, 6) is 0. The van der Waals surface area contributed by atoms with Crippen LogP contribution in [0.3, 0.4) is 0 Å². The standard InChI is InChI=1S/C4H8O.C4H8/c1-2-4-5-3-1;1-4(2)3/h1-4H2;1H2,2-3H3. The van der Waals surface area contributed by atoms with Gasteiger partial charge in [-0.15, -0.1) is 6.58 Å². The van der Waals surface area contributed by atoms with Gasteiger partial charge in [-0.3, -0.25) is 0 Å². The van der Waals surface area contributed by atoms with E-state index in [2.05, 4.69) is 6.58 Å². The Morgan fingerprint density at radius 2 is 1.56 bits per heavy atom. The number of hydrogen-bond donors (Lipinski definition) is 0. The molecular weight excluding hydrogens is 112 g/mol. The minimum atomic E-state index is 1.00. The van der Waals surface area contributed by atoms with Gasteiger partial charge in [0, 0.05) is 13.2 Å². The Kier molecular flexibility index (Phi) is 5.64. The maximum atomic E-state index is 4.94. The van der Waals surface area contributed by atoms with Gasteiger partial charge in [0.1, 0.15) is 0 Å². The molecular formula is C8H16O. The second-order valence-corrected chi connectivity index (χ2v) is 2.53. The van der Waals surface area contributed by atoms with E-state index in [1.807, 2.05) is 13.8 Å². The van der Waals surface area contributed by atoms with Crippen LogP contribution in [0.25, 0.3) is 0 Å². The van der Waals surface area contributed by atoms with Crippen molar-refractivity contribution in [2.75, 3.05) is 13.2 Å². The summed E-state index contributed by atoms with van der Waals surface area (Å²) >= 11 is 0. The molecule has 0 unspecified atom stereocenters. The van der Waals surface area contributed by atoms with Crippen LogP contribution in [0, 0.1) is 0 Å². The zero-order valence-corrected chi connectivity index (χ0v) is 6.44. The molecule has 0 N–H and O–H groups in total. The number of ether oxygens (including phenoxy) is 1. The van der Waals surface area contributed by atoms with E-state index in [0.717, 1.165) is 13.2 Å². The molecule has 1 heteroatoms. The summed E-state index contributed by atoms with van der Waals surface area (Å²) in [5, 5.41) is 0. The lowest BCUT2D eigenvalue weighted by Crippen LogP contribution is -1.74. The molecule has 1 aliphatic heterocycles. The Labute approximate surface area is 57.7 Å². The average molecular weight is 128 g/mol. The summed E-state index contributed by atoms with van der Waals surface area (Å²) in [6.07, 6.45) is 2.56. The third kappa shape index (κ3) is 11.3. The molecule has 0 spiro atoms. The van der Waals surface area contributed by atoms with E-state index in [-0.39, 0.29) is 0 Å². The summed E-state index contributed by atoms with van der Waals surface area (Å²) in [6, 6.07) is 0. The summed E-state index contributed by atoms with van der Waals surface area (Å²) in [6.45, 7) is 9.50. The molecule has 0 aromatic rings. The summed E-state index contributed by atoms with van der Waals surface area (Å²) in [4.78, 5) is 0. The highest BCUT2D eigenvalue weighted by atomic mass is 16.5. The lowest BCUT2D eigenvalue weighted by atomic mass is 10.4. The average Bonchev–Trinajstić information content (AvgIpc) is 2.11. The van der Waals surface area contributed by atoms with Crippen molar-refractivity contribution in [2.45, 2.75) is 26.7 Å². The van der Waals surface area contributed by atoms with Gasteiger partial charge in [-0.25, -0.2) is 0 Å². The molecule has 1 saturated heterocycles. The van der Waals surface area contributed by atoms with Crippen LogP contribution in [-0.2, 0) is 4.74 Å². The largest absolute Gasteiger partial charge is 0.381 e. The van der Waals surface area contributed by atoms with Crippen LogP contribution in [0.5, 0.6) is 0 Å². The van der Waals surface area contributed by atoms with E-state index in [0.29, 0.717) is 0 Å². The van der Waals surface area contributed by atoms with Crippen molar-refractivity contribution >= 4 is 0 Å².